The van der Waals surface area contributed by atoms with Gasteiger partial charge in [0.15, 0.2) is 0 Å². The number of fused-ring (bicyclic) bond motifs is 1. The van der Waals surface area contributed by atoms with Crippen molar-refractivity contribution < 1.29 is 9.90 Å². The van der Waals surface area contributed by atoms with E-state index in [9.17, 15) is 4.79 Å². The summed E-state index contributed by atoms with van der Waals surface area (Å²) >= 11 is 0. The van der Waals surface area contributed by atoms with Crippen LogP contribution >= 0.6 is 0 Å². The van der Waals surface area contributed by atoms with Crippen molar-refractivity contribution in [3.8, 4) is 0 Å². The van der Waals surface area contributed by atoms with E-state index in [1.807, 2.05) is 10.7 Å². The minimum atomic E-state index is -0.958. The van der Waals surface area contributed by atoms with Crippen LogP contribution in [0.15, 0.2) is 18.2 Å². The van der Waals surface area contributed by atoms with Gasteiger partial charge in [-0.3, -0.25) is 0 Å². The lowest BCUT2D eigenvalue weighted by atomic mass is 10.1. The van der Waals surface area contributed by atoms with Crippen LogP contribution < -0.4 is 0 Å². The van der Waals surface area contributed by atoms with Crippen molar-refractivity contribution in [3.63, 3.8) is 0 Å². The van der Waals surface area contributed by atoms with Gasteiger partial charge in [-0.2, -0.15) is 0 Å². The third-order valence-electron chi connectivity index (χ3n) is 3.41. The highest BCUT2D eigenvalue weighted by molar-refractivity contribution is 6.00. The molecule has 1 saturated carbocycles. The Morgan fingerprint density at radius 1 is 1.53 bits per heavy atom. The lowest BCUT2D eigenvalue weighted by Crippen LogP contribution is -2.09. The Labute approximate surface area is 98.0 Å². The molecule has 5 heteroatoms. The van der Waals surface area contributed by atoms with E-state index in [1.165, 1.54) is 12.8 Å². The maximum Gasteiger partial charge on any atom is 0.338 e. The first-order valence-corrected chi connectivity index (χ1v) is 5.65. The van der Waals surface area contributed by atoms with Crippen LogP contribution in [0.2, 0.25) is 0 Å². The Balaban J connectivity index is 2.09. The number of hydrogen-bond donors (Lipinski definition) is 1. The molecule has 0 spiro atoms. The fraction of sp³-hybridized carbons (Fsp3) is 0.417. The maximum absolute atomic E-state index is 11.0. The first kappa shape index (κ1) is 10.3. The number of aromatic nitrogens is 3. The Hall–Kier alpha value is -1.91. The normalized spacial score (nSPS) is 17.2. The highest BCUT2D eigenvalue weighted by atomic mass is 16.4. The number of carboxylic acids is 1. The summed E-state index contributed by atoms with van der Waals surface area (Å²) in [7, 11) is 0. The van der Waals surface area contributed by atoms with Crippen LogP contribution in [-0.4, -0.2) is 26.1 Å². The molecule has 1 fully saturated rings. The van der Waals surface area contributed by atoms with E-state index >= 15 is 0 Å². The quantitative estimate of drug-likeness (QED) is 0.876. The molecule has 1 aromatic heterocycles. The van der Waals surface area contributed by atoms with Gasteiger partial charge in [0.2, 0.25) is 0 Å². The molecular weight excluding hydrogens is 218 g/mol. The molecule has 0 saturated heterocycles. The largest absolute Gasteiger partial charge is 0.478 e. The first-order chi connectivity index (χ1) is 8.09. The average molecular weight is 231 g/mol. The summed E-state index contributed by atoms with van der Waals surface area (Å²) in [6.45, 7) is 3.02. The van der Waals surface area contributed by atoms with Crippen LogP contribution in [0.5, 0.6) is 0 Å². The van der Waals surface area contributed by atoms with Crippen molar-refractivity contribution in [2.24, 2.45) is 5.41 Å². The molecule has 17 heavy (non-hydrogen) atoms. The summed E-state index contributed by atoms with van der Waals surface area (Å²) in [6.07, 6.45) is 2.40. The Morgan fingerprint density at radius 2 is 2.29 bits per heavy atom. The van der Waals surface area contributed by atoms with Gasteiger partial charge in [-0.1, -0.05) is 18.2 Å². The van der Waals surface area contributed by atoms with Gasteiger partial charge in [-0.25, -0.2) is 9.48 Å². The van der Waals surface area contributed by atoms with Gasteiger partial charge in [0, 0.05) is 6.54 Å². The fourth-order valence-electron chi connectivity index (χ4n) is 2.01. The number of carboxylic acid groups (broad SMARTS) is 1. The van der Waals surface area contributed by atoms with E-state index in [-0.39, 0.29) is 5.56 Å². The van der Waals surface area contributed by atoms with Gasteiger partial charge in [-0.15, -0.1) is 5.10 Å². The van der Waals surface area contributed by atoms with Gasteiger partial charge in [0.1, 0.15) is 5.52 Å². The van der Waals surface area contributed by atoms with E-state index in [1.54, 1.807) is 12.1 Å². The van der Waals surface area contributed by atoms with Gasteiger partial charge in [0.05, 0.1) is 11.1 Å². The van der Waals surface area contributed by atoms with Gasteiger partial charge < -0.3 is 5.11 Å². The second-order valence-corrected chi connectivity index (χ2v) is 5.04. The van der Waals surface area contributed by atoms with Crippen molar-refractivity contribution in [1.29, 1.82) is 0 Å². The highest BCUT2D eigenvalue weighted by Crippen LogP contribution is 2.46. The maximum atomic E-state index is 11.0. The van der Waals surface area contributed by atoms with Gasteiger partial charge >= 0.3 is 5.97 Å². The number of nitrogens with zero attached hydrogens (tertiary/aromatic N) is 3. The molecule has 1 aromatic carbocycles. The van der Waals surface area contributed by atoms with E-state index in [4.69, 9.17) is 5.11 Å². The Kier molecular flexibility index (Phi) is 1.98. The summed E-state index contributed by atoms with van der Waals surface area (Å²) in [5.74, 6) is -0.958. The van der Waals surface area contributed by atoms with Crippen LogP contribution in [0, 0.1) is 5.41 Å². The number of carbonyl (C=O) groups is 1. The first-order valence-electron chi connectivity index (χ1n) is 5.65. The second-order valence-electron chi connectivity index (χ2n) is 5.04. The summed E-state index contributed by atoms with van der Waals surface area (Å²) in [6, 6.07) is 5.16. The zero-order chi connectivity index (χ0) is 12.0. The van der Waals surface area contributed by atoms with Crippen LogP contribution in [0.1, 0.15) is 30.1 Å². The van der Waals surface area contributed by atoms with Crippen molar-refractivity contribution in [1.82, 2.24) is 15.0 Å². The number of hydrogen-bond acceptors (Lipinski definition) is 3. The number of benzene rings is 1. The van der Waals surface area contributed by atoms with Crippen LogP contribution in [-0.2, 0) is 6.54 Å². The van der Waals surface area contributed by atoms with Crippen molar-refractivity contribution in [2.45, 2.75) is 26.3 Å². The third-order valence-corrected chi connectivity index (χ3v) is 3.41. The molecule has 1 heterocycles. The lowest BCUT2D eigenvalue weighted by molar-refractivity contribution is 0.0699. The molecule has 0 bridgehead atoms. The van der Waals surface area contributed by atoms with E-state index in [0.717, 1.165) is 12.1 Å². The molecule has 0 aliphatic heterocycles. The molecule has 1 N–H and O–H groups in total. The fourth-order valence-corrected chi connectivity index (χ4v) is 2.01. The van der Waals surface area contributed by atoms with Crippen molar-refractivity contribution in [3.05, 3.63) is 23.8 Å². The predicted octanol–water partition coefficient (Wildman–Crippen LogP) is 1.93. The minimum Gasteiger partial charge on any atom is -0.478 e. The molecule has 88 valence electrons. The van der Waals surface area contributed by atoms with Gasteiger partial charge in [0.25, 0.3) is 0 Å². The van der Waals surface area contributed by atoms with E-state index in [2.05, 4.69) is 17.2 Å². The molecular formula is C12H13N3O2. The predicted molar refractivity (Wildman–Crippen MR) is 61.8 cm³/mol. The molecule has 1 aliphatic rings. The molecule has 0 amide bonds. The van der Waals surface area contributed by atoms with Crippen molar-refractivity contribution in [2.75, 3.05) is 0 Å². The molecule has 5 nitrogen and oxygen atoms in total. The summed E-state index contributed by atoms with van der Waals surface area (Å²) < 4.78 is 1.81. The topological polar surface area (TPSA) is 68.0 Å². The average Bonchev–Trinajstić information content (AvgIpc) is 2.87. The minimum absolute atomic E-state index is 0.217. The molecule has 0 unspecified atom stereocenters. The van der Waals surface area contributed by atoms with Crippen LogP contribution in [0.4, 0.5) is 0 Å². The molecule has 0 radical (unpaired) electrons. The summed E-state index contributed by atoms with van der Waals surface area (Å²) in [4.78, 5) is 11.0. The standard InChI is InChI=1S/C12H13N3O2/c1-12(5-6-12)7-15-9-4-2-3-8(11(16)17)10(9)13-14-15/h2-4H,5-7H2,1H3,(H,16,17). The molecule has 1 aliphatic carbocycles. The second kappa shape index (κ2) is 3.29. The Morgan fingerprint density at radius 3 is 2.94 bits per heavy atom. The SMILES string of the molecule is CC1(Cn2nnc3c(C(=O)O)cccc32)CC1. The molecule has 0 atom stereocenters. The Bertz CT molecular complexity index is 599. The highest BCUT2D eigenvalue weighted by Gasteiger charge is 2.38. The lowest BCUT2D eigenvalue weighted by Gasteiger charge is -2.08. The van der Waals surface area contributed by atoms with Crippen molar-refractivity contribution >= 4 is 17.0 Å². The summed E-state index contributed by atoms with van der Waals surface area (Å²) in [5, 5.41) is 17.1. The summed E-state index contributed by atoms with van der Waals surface area (Å²) in [5.41, 5.74) is 1.82. The number of rotatable bonds is 3. The number of aromatic carboxylic acids is 1. The van der Waals surface area contributed by atoms with Crippen LogP contribution in [0.3, 0.4) is 0 Å². The molecule has 2 aromatic rings. The van der Waals surface area contributed by atoms with E-state index < -0.39 is 5.97 Å². The molecule has 3 rings (SSSR count). The third kappa shape index (κ3) is 1.67. The van der Waals surface area contributed by atoms with E-state index in [0.29, 0.717) is 10.9 Å². The van der Waals surface area contributed by atoms with Gasteiger partial charge in [-0.05, 0) is 30.4 Å². The smallest absolute Gasteiger partial charge is 0.338 e. The zero-order valence-corrected chi connectivity index (χ0v) is 9.55. The monoisotopic (exact) mass is 231 g/mol. The zero-order valence-electron chi connectivity index (χ0n) is 9.55. The van der Waals surface area contributed by atoms with Crippen LogP contribution in [0.25, 0.3) is 11.0 Å².